The summed E-state index contributed by atoms with van der Waals surface area (Å²) in [5.41, 5.74) is 0. The third-order valence-electron chi connectivity index (χ3n) is 3.55. The number of furan rings is 1. The van der Waals surface area contributed by atoms with Crippen LogP contribution in [0.4, 0.5) is 0 Å². The van der Waals surface area contributed by atoms with Crippen LogP contribution in [-0.4, -0.2) is 6.04 Å². The van der Waals surface area contributed by atoms with E-state index in [2.05, 4.69) is 19.2 Å². The average molecular weight is 207 g/mol. The molecule has 3 atom stereocenters. The van der Waals surface area contributed by atoms with Crippen LogP contribution in [0.2, 0.25) is 0 Å². The molecule has 0 spiro atoms. The van der Waals surface area contributed by atoms with Crippen LogP contribution >= 0.6 is 0 Å². The van der Waals surface area contributed by atoms with Gasteiger partial charge in [-0.05, 0) is 37.8 Å². The van der Waals surface area contributed by atoms with Crippen molar-refractivity contribution in [1.29, 1.82) is 0 Å². The zero-order valence-electron chi connectivity index (χ0n) is 9.70. The van der Waals surface area contributed by atoms with Crippen molar-refractivity contribution in [3.63, 3.8) is 0 Å². The Hall–Kier alpha value is -0.760. The lowest BCUT2D eigenvalue weighted by molar-refractivity contribution is 0.253. The first-order valence-corrected chi connectivity index (χ1v) is 6.07. The Bertz CT molecular complexity index is 281. The Labute approximate surface area is 92.1 Å². The maximum absolute atomic E-state index is 5.41. The molecule has 0 saturated heterocycles. The fraction of sp³-hybridized carbons (Fsp3) is 0.692. The topological polar surface area (TPSA) is 25.2 Å². The van der Waals surface area contributed by atoms with Crippen LogP contribution in [0.5, 0.6) is 0 Å². The van der Waals surface area contributed by atoms with Gasteiger partial charge in [0.25, 0.3) is 0 Å². The van der Waals surface area contributed by atoms with Crippen molar-refractivity contribution in [3.8, 4) is 0 Å². The van der Waals surface area contributed by atoms with E-state index in [0.29, 0.717) is 12.1 Å². The summed E-state index contributed by atoms with van der Waals surface area (Å²) in [5.74, 6) is 1.85. The van der Waals surface area contributed by atoms with Crippen LogP contribution in [0.3, 0.4) is 0 Å². The fourth-order valence-electron chi connectivity index (χ4n) is 2.50. The molecular formula is C13H21NO. The first-order chi connectivity index (χ1) is 7.27. The third kappa shape index (κ3) is 2.63. The average Bonchev–Trinajstić information content (AvgIpc) is 2.74. The van der Waals surface area contributed by atoms with Crippen LogP contribution in [0.15, 0.2) is 22.8 Å². The highest BCUT2D eigenvalue weighted by Gasteiger charge is 2.23. The van der Waals surface area contributed by atoms with Gasteiger partial charge in [-0.15, -0.1) is 0 Å². The van der Waals surface area contributed by atoms with Crippen LogP contribution < -0.4 is 5.32 Å². The highest BCUT2D eigenvalue weighted by Crippen LogP contribution is 2.26. The number of nitrogens with one attached hydrogen (secondary N) is 1. The van der Waals surface area contributed by atoms with Gasteiger partial charge in [-0.25, -0.2) is 0 Å². The molecule has 0 aliphatic heterocycles. The summed E-state index contributed by atoms with van der Waals surface area (Å²) in [6.45, 7) is 4.53. The number of rotatable bonds is 3. The molecule has 0 radical (unpaired) electrons. The van der Waals surface area contributed by atoms with Crippen molar-refractivity contribution >= 4 is 0 Å². The van der Waals surface area contributed by atoms with Crippen molar-refractivity contribution in [2.75, 3.05) is 0 Å². The molecule has 0 amide bonds. The Kier molecular flexibility index (Phi) is 3.47. The first-order valence-electron chi connectivity index (χ1n) is 6.07. The molecule has 2 unspecified atom stereocenters. The van der Waals surface area contributed by atoms with E-state index in [1.54, 1.807) is 6.26 Å². The van der Waals surface area contributed by atoms with Gasteiger partial charge in [0.2, 0.25) is 0 Å². The van der Waals surface area contributed by atoms with Crippen LogP contribution in [0, 0.1) is 5.92 Å². The van der Waals surface area contributed by atoms with E-state index in [0.717, 1.165) is 11.7 Å². The van der Waals surface area contributed by atoms with E-state index in [9.17, 15) is 0 Å². The van der Waals surface area contributed by atoms with E-state index < -0.39 is 0 Å². The Morgan fingerprint density at radius 3 is 2.87 bits per heavy atom. The summed E-state index contributed by atoms with van der Waals surface area (Å²) in [5, 5.41) is 3.68. The fourth-order valence-corrected chi connectivity index (χ4v) is 2.50. The van der Waals surface area contributed by atoms with Crippen molar-refractivity contribution in [1.82, 2.24) is 5.32 Å². The molecule has 1 heterocycles. The van der Waals surface area contributed by atoms with E-state index in [1.165, 1.54) is 25.7 Å². The molecule has 1 aliphatic carbocycles. The maximum atomic E-state index is 5.41. The number of hydrogen-bond acceptors (Lipinski definition) is 2. The van der Waals surface area contributed by atoms with Crippen molar-refractivity contribution in [2.45, 2.75) is 51.6 Å². The van der Waals surface area contributed by atoms with Crippen LogP contribution in [0.25, 0.3) is 0 Å². The molecular weight excluding hydrogens is 186 g/mol. The van der Waals surface area contributed by atoms with Crippen LogP contribution in [-0.2, 0) is 0 Å². The summed E-state index contributed by atoms with van der Waals surface area (Å²) >= 11 is 0. The Morgan fingerprint density at radius 2 is 2.20 bits per heavy atom. The van der Waals surface area contributed by atoms with Gasteiger partial charge in [-0.3, -0.25) is 0 Å². The van der Waals surface area contributed by atoms with Crippen molar-refractivity contribution in [2.24, 2.45) is 5.92 Å². The van der Waals surface area contributed by atoms with Gasteiger partial charge in [-0.1, -0.05) is 19.8 Å². The summed E-state index contributed by atoms with van der Waals surface area (Å²) in [6.07, 6.45) is 7.19. The smallest absolute Gasteiger partial charge is 0.120 e. The minimum atomic E-state index is 0.338. The van der Waals surface area contributed by atoms with Gasteiger partial charge in [0.05, 0.1) is 12.3 Å². The zero-order chi connectivity index (χ0) is 10.7. The molecule has 0 aromatic carbocycles. The van der Waals surface area contributed by atoms with E-state index in [-0.39, 0.29) is 0 Å². The highest BCUT2D eigenvalue weighted by molar-refractivity contribution is 5.03. The summed E-state index contributed by atoms with van der Waals surface area (Å²) in [4.78, 5) is 0. The number of hydrogen-bond donors (Lipinski definition) is 1. The summed E-state index contributed by atoms with van der Waals surface area (Å²) in [6, 6.07) is 5.01. The zero-order valence-corrected chi connectivity index (χ0v) is 9.70. The lowest BCUT2D eigenvalue weighted by Crippen LogP contribution is -2.38. The predicted molar refractivity (Wildman–Crippen MR) is 61.7 cm³/mol. The molecule has 1 fully saturated rings. The van der Waals surface area contributed by atoms with Gasteiger partial charge in [-0.2, -0.15) is 0 Å². The Balaban J connectivity index is 1.90. The van der Waals surface area contributed by atoms with E-state index >= 15 is 0 Å². The normalized spacial score (nSPS) is 28.9. The summed E-state index contributed by atoms with van der Waals surface area (Å²) < 4.78 is 5.41. The van der Waals surface area contributed by atoms with Crippen LogP contribution in [0.1, 0.15) is 51.3 Å². The monoisotopic (exact) mass is 207 g/mol. The Morgan fingerprint density at radius 1 is 1.40 bits per heavy atom. The molecule has 15 heavy (non-hydrogen) atoms. The van der Waals surface area contributed by atoms with Gasteiger partial charge in [0, 0.05) is 6.04 Å². The van der Waals surface area contributed by atoms with E-state index in [4.69, 9.17) is 4.42 Å². The van der Waals surface area contributed by atoms with Gasteiger partial charge in [0.15, 0.2) is 0 Å². The second kappa shape index (κ2) is 4.84. The lowest BCUT2D eigenvalue weighted by Gasteiger charge is -2.31. The maximum Gasteiger partial charge on any atom is 0.120 e. The predicted octanol–water partition coefficient (Wildman–Crippen LogP) is 3.51. The quantitative estimate of drug-likeness (QED) is 0.820. The lowest BCUT2D eigenvalue weighted by atomic mass is 9.85. The van der Waals surface area contributed by atoms with Gasteiger partial charge < -0.3 is 9.73 Å². The molecule has 2 rings (SSSR count). The molecule has 1 aromatic rings. The molecule has 2 nitrogen and oxygen atoms in total. The van der Waals surface area contributed by atoms with Gasteiger partial charge in [0.1, 0.15) is 5.76 Å². The second-order valence-corrected chi connectivity index (χ2v) is 4.77. The van der Waals surface area contributed by atoms with Crippen molar-refractivity contribution in [3.05, 3.63) is 24.2 Å². The molecule has 84 valence electrons. The van der Waals surface area contributed by atoms with E-state index in [1.807, 2.05) is 12.1 Å². The molecule has 1 N–H and O–H groups in total. The largest absolute Gasteiger partial charge is 0.468 e. The third-order valence-corrected chi connectivity index (χ3v) is 3.55. The molecule has 1 aliphatic rings. The SMILES string of the molecule is CC1CCCCC1N[C@H](C)c1ccco1. The molecule has 0 bridgehead atoms. The minimum Gasteiger partial charge on any atom is -0.468 e. The first kappa shape index (κ1) is 10.7. The minimum absolute atomic E-state index is 0.338. The van der Waals surface area contributed by atoms with Crippen molar-refractivity contribution < 1.29 is 4.42 Å². The second-order valence-electron chi connectivity index (χ2n) is 4.77. The standard InChI is InChI=1S/C13H21NO/c1-10-6-3-4-7-12(10)14-11(2)13-8-5-9-15-13/h5,8-12,14H,3-4,6-7H2,1-2H3/t10?,11-,12?/m1/s1. The highest BCUT2D eigenvalue weighted by atomic mass is 16.3. The molecule has 1 saturated carbocycles. The van der Waals surface area contributed by atoms with Gasteiger partial charge >= 0.3 is 0 Å². The molecule has 1 aromatic heterocycles. The summed E-state index contributed by atoms with van der Waals surface area (Å²) in [7, 11) is 0. The molecule has 2 heteroatoms.